The Morgan fingerprint density at radius 2 is 1.85 bits per heavy atom. The Kier molecular flexibility index (Phi) is 9.28. The van der Waals surface area contributed by atoms with Crippen LogP contribution >= 0.6 is 0 Å². The van der Waals surface area contributed by atoms with Gasteiger partial charge in [0.2, 0.25) is 21.8 Å². The number of sulfonamides is 1. The zero-order valence-electron chi connectivity index (χ0n) is 20.4. The number of nitrogens with one attached hydrogen (secondary N) is 2. The number of benzene rings is 1. The highest BCUT2D eigenvalue weighted by molar-refractivity contribution is 7.89. The van der Waals surface area contributed by atoms with Crippen LogP contribution in [0.4, 0.5) is 0 Å². The molecular formula is C23H37N3O6S. The van der Waals surface area contributed by atoms with E-state index in [4.69, 9.17) is 9.47 Å². The molecule has 1 heterocycles. The van der Waals surface area contributed by atoms with Crippen LogP contribution in [0.25, 0.3) is 0 Å². The van der Waals surface area contributed by atoms with E-state index in [9.17, 15) is 18.0 Å². The molecule has 1 saturated heterocycles. The van der Waals surface area contributed by atoms with E-state index in [2.05, 4.69) is 10.0 Å². The number of methoxy groups -OCH3 is 1. The van der Waals surface area contributed by atoms with Crippen LogP contribution in [0.1, 0.15) is 47.5 Å². The molecule has 1 aromatic carbocycles. The van der Waals surface area contributed by atoms with Crippen LogP contribution < -0.4 is 14.8 Å². The molecule has 186 valence electrons. The summed E-state index contributed by atoms with van der Waals surface area (Å²) >= 11 is 0. The predicted octanol–water partition coefficient (Wildman–Crippen LogP) is 1.92. The van der Waals surface area contributed by atoms with Crippen LogP contribution in [0.3, 0.4) is 0 Å². The topological polar surface area (TPSA) is 114 Å². The lowest BCUT2D eigenvalue weighted by Crippen LogP contribution is -2.58. The first-order valence-corrected chi connectivity index (χ1v) is 12.7. The number of rotatable bonds is 10. The Bertz CT molecular complexity index is 903. The summed E-state index contributed by atoms with van der Waals surface area (Å²) in [5.74, 6) is -0.416. The Hall–Kier alpha value is -2.17. The molecule has 0 aliphatic carbocycles. The van der Waals surface area contributed by atoms with Gasteiger partial charge >= 0.3 is 0 Å². The second-order valence-corrected chi connectivity index (χ2v) is 11.4. The highest BCUT2D eigenvalue weighted by Gasteiger charge is 2.36. The lowest BCUT2D eigenvalue weighted by Gasteiger charge is -2.36. The van der Waals surface area contributed by atoms with E-state index in [1.807, 2.05) is 34.6 Å². The summed E-state index contributed by atoms with van der Waals surface area (Å²) in [6, 6.07) is 5.12. The van der Waals surface area contributed by atoms with Gasteiger partial charge in [0.05, 0.1) is 24.7 Å². The van der Waals surface area contributed by atoms with Crippen LogP contribution in [0.15, 0.2) is 29.2 Å². The molecule has 2 N–H and O–H groups in total. The van der Waals surface area contributed by atoms with Gasteiger partial charge in [-0.05, 0) is 63.8 Å². The lowest BCUT2D eigenvalue weighted by atomic mass is 9.98. The number of amides is 2. The normalized spacial score (nSPS) is 17.6. The van der Waals surface area contributed by atoms with Crippen molar-refractivity contribution in [3.63, 3.8) is 0 Å². The fourth-order valence-corrected chi connectivity index (χ4v) is 4.70. The van der Waals surface area contributed by atoms with Gasteiger partial charge < -0.3 is 19.7 Å². The Balaban J connectivity index is 2.22. The molecule has 0 aromatic heterocycles. The fraction of sp³-hybridized carbons (Fsp3) is 0.652. The van der Waals surface area contributed by atoms with Crippen molar-refractivity contribution in [3.05, 3.63) is 24.3 Å². The number of carbonyl (C=O) groups is 2. The van der Waals surface area contributed by atoms with Gasteiger partial charge in [-0.3, -0.25) is 9.59 Å². The van der Waals surface area contributed by atoms with Crippen molar-refractivity contribution in [2.24, 2.45) is 5.92 Å². The second kappa shape index (κ2) is 11.3. The third kappa shape index (κ3) is 7.97. The average Bonchev–Trinajstić information content (AvgIpc) is 3.23. The van der Waals surface area contributed by atoms with E-state index in [0.717, 1.165) is 12.8 Å². The molecule has 0 saturated carbocycles. The zero-order valence-corrected chi connectivity index (χ0v) is 21.2. The molecule has 33 heavy (non-hydrogen) atoms. The average molecular weight is 484 g/mol. The van der Waals surface area contributed by atoms with Crippen LogP contribution in [0, 0.1) is 5.92 Å². The fourth-order valence-electron chi connectivity index (χ4n) is 3.72. The Labute approximate surface area is 197 Å². The van der Waals surface area contributed by atoms with Gasteiger partial charge in [0.1, 0.15) is 11.8 Å². The van der Waals surface area contributed by atoms with Crippen LogP contribution in [-0.2, 0) is 24.3 Å². The molecule has 0 unspecified atom stereocenters. The van der Waals surface area contributed by atoms with Gasteiger partial charge in [-0.2, -0.15) is 0 Å². The minimum atomic E-state index is -3.92. The second-order valence-electron chi connectivity index (χ2n) is 9.61. The maximum absolute atomic E-state index is 13.3. The van der Waals surface area contributed by atoms with E-state index in [1.165, 1.54) is 36.3 Å². The van der Waals surface area contributed by atoms with E-state index in [0.29, 0.717) is 12.4 Å². The first kappa shape index (κ1) is 27.1. The Morgan fingerprint density at radius 3 is 2.33 bits per heavy atom. The molecule has 0 spiro atoms. The molecule has 10 heteroatoms. The number of ether oxygens (including phenoxy) is 2. The summed E-state index contributed by atoms with van der Waals surface area (Å²) in [6.45, 7) is 9.72. The largest absolute Gasteiger partial charge is 0.497 e. The van der Waals surface area contributed by atoms with E-state index in [1.54, 1.807) is 0 Å². The van der Waals surface area contributed by atoms with Gasteiger partial charge in [0, 0.05) is 18.7 Å². The maximum atomic E-state index is 13.3. The summed E-state index contributed by atoms with van der Waals surface area (Å²) in [7, 11) is -2.43. The molecule has 0 radical (unpaired) electrons. The zero-order chi connectivity index (χ0) is 24.8. The molecule has 1 aromatic rings. The minimum absolute atomic E-state index is 0.0210. The Morgan fingerprint density at radius 1 is 1.21 bits per heavy atom. The first-order chi connectivity index (χ1) is 15.3. The molecule has 0 bridgehead atoms. The van der Waals surface area contributed by atoms with Gasteiger partial charge in [-0.15, -0.1) is 0 Å². The van der Waals surface area contributed by atoms with Gasteiger partial charge in [-0.25, -0.2) is 13.1 Å². The van der Waals surface area contributed by atoms with Crippen molar-refractivity contribution < 1.29 is 27.5 Å². The molecule has 2 amide bonds. The molecule has 2 atom stereocenters. The summed E-state index contributed by atoms with van der Waals surface area (Å²) in [6.07, 6.45) is 1.49. The van der Waals surface area contributed by atoms with Crippen molar-refractivity contribution in [3.8, 4) is 5.75 Å². The van der Waals surface area contributed by atoms with Crippen LogP contribution in [-0.4, -0.2) is 69.6 Å². The lowest BCUT2D eigenvalue weighted by molar-refractivity contribution is -0.143. The molecular weight excluding hydrogens is 446 g/mol. The standard InChI is InChI=1S/C23H37N3O6S/c1-16(2)21(22(28)25-23(3,4)5)26(15-18-8-7-13-32-18)20(27)14-24-33(29,30)19-11-9-17(31-6)10-12-19/h9-12,16,18,21,24H,7-8,13-15H2,1-6H3,(H,25,28)/t18-,21+/m1/s1. The number of hydrogen-bond donors (Lipinski definition) is 2. The molecule has 1 fully saturated rings. The maximum Gasteiger partial charge on any atom is 0.243 e. The van der Waals surface area contributed by atoms with E-state index in [-0.39, 0.29) is 29.4 Å². The minimum Gasteiger partial charge on any atom is -0.497 e. The summed E-state index contributed by atoms with van der Waals surface area (Å²) < 4.78 is 38.5. The first-order valence-electron chi connectivity index (χ1n) is 11.2. The van der Waals surface area contributed by atoms with Gasteiger partial charge in [0.15, 0.2) is 0 Å². The molecule has 9 nitrogen and oxygen atoms in total. The molecule has 1 aliphatic rings. The van der Waals surface area contributed by atoms with Crippen molar-refractivity contribution in [2.75, 3.05) is 26.8 Å². The summed E-state index contributed by atoms with van der Waals surface area (Å²) in [5.41, 5.74) is -0.473. The highest BCUT2D eigenvalue weighted by atomic mass is 32.2. The van der Waals surface area contributed by atoms with Crippen molar-refractivity contribution >= 4 is 21.8 Å². The highest BCUT2D eigenvalue weighted by Crippen LogP contribution is 2.20. The van der Waals surface area contributed by atoms with Crippen molar-refractivity contribution in [1.29, 1.82) is 0 Å². The molecule has 1 aliphatic heterocycles. The SMILES string of the molecule is COc1ccc(S(=O)(=O)NCC(=O)N(C[C@H]2CCCO2)[C@H](C(=O)NC(C)(C)C)C(C)C)cc1. The third-order valence-corrected chi connectivity index (χ3v) is 6.68. The summed E-state index contributed by atoms with van der Waals surface area (Å²) in [4.78, 5) is 27.9. The van der Waals surface area contributed by atoms with Gasteiger partial charge in [-0.1, -0.05) is 13.8 Å². The quantitative estimate of drug-likeness (QED) is 0.526. The molecule has 2 rings (SSSR count). The van der Waals surface area contributed by atoms with E-state index < -0.39 is 34.1 Å². The third-order valence-electron chi connectivity index (χ3n) is 5.26. The summed E-state index contributed by atoms with van der Waals surface area (Å²) in [5, 5.41) is 2.95. The number of hydrogen-bond acceptors (Lipinski definition) is 6. The van der Waals surface area contributed by atoms with Crippen LogP contribution in [0.5, 0.6) is 5.75 Å². The van der Waals surface area contributed by atoms with Crippen molar-refractivity contribution in [1.82, 2.24) is 14.9 Å². The number of nitrogens with zero attached hydrogens (tertiary/aromatic N) is 1. The van der Waals surface area contributed by atoms with Gasteiger partial charge in [0.25, 0.3) is 0 Å². The van der Waals surface area contributed by atoms with E-state index >= 15 is 0 Å². The van der Waals surface area contributed by atoms with Crippen molar-refractivity contribution in [2.45, 2.75) is 70.0 Å². The predicted molar refractivity (Wildman–Crippen MR) is 125 cm³/mol. The number of carbonyl (C=O) groups excluding carboxylic acids is 2. The smallest absolute Gasteiger partial charge is 0.243 e. The van der Waals surface area contributed by atoms with Crippen LogP contribution in [0.2, 0.25) is 0 Å². The monoisotopic (exact) mass is 483 g/mol.